The van der Waals surface area contributed by atoms with E-state index >= 15 is 0 Å². The summed E-state index contributed by atoms with van der Waals surface area (Å²) in [6.45, 7) is 3.41. The Morgan fingerprint density at radius 1 is 0.943 bits per heavy atom. The zero-order valence-electron chi connectivity index (χ0n) is 19.5. The van der Waals surface area contributed by atoms with Crippen LogP contribution in [0.25, 0.3) is 6.08 Å². The molecule has 4 rings (SSSR count). The minimum absolute atomic E-state index is 0.250. The third kappa shape index (κ3) is 6.11. The summed E-state index contributed by atoms with van der Waals surface area (Å²) in [6, 6.07) is 17.4. The van der Waals surface area contributed by atoms with Gasteiger partial charge in [0.05, 0.1) is 13.7 Å². The van der Waals surface area contributed by atoms with E-state index in [0.717, 1.165) is 11.3 Å². The van der Waals surface area contributed by atoms with Crippen LogP contribution in [0.15, 0.2) is 66.7 Å². The average molecular weight is 475 g/mol. The van der Waals surface area contributed by atoms with Crippen molar-refractivity contribution in [3.8, 4) is 23.0 Å². The molecule has 2 N–H and O–H groups in total. The number of methoxy groups -OCH3 is 1. The van der Waals surface area contributed by atoms with E-state index in [1.165, 1.54) is 6.08 Å². The van der Waals surface area contributed by atoms with Crippen molar-refractivity contribution in [2.75, 3.05) is 37.6 Å². The van der Waals surface area contributed by atoms with E-state index in [-0.39, 0.29) is 11.8 Å². The van der Waals surface area contributed by atoms with Gasteiger partial charge in [0.15, 0.2) is 11.5 Å². The van der Waals surface area contributed by atoms with E-state index < -0.39 is 0 Å². The molecule has 1 heterocycles. The highest BCUT2D eigenvalue weighted by Gasteiger charge is 2.17. The fourth-order valence-corrected chi connectivity index (χ4v) is 3.45. The first-order valence-electron chi connectivity index (χ1n) is 11.2. The molecule has 1 aliphatic rings. The Morgan fingerprint density at radius 2 is 1.63 bits per heavy atom. The van der Waals surface area contributed by atoms with Gasteiger partial charge in [-0.1, -0.05) is 0 Å². The Morgan fingerprint density at radius 3 is 2.34 bits per heavy atom. The highest BCUT2D eigenvalue weighted by Crippen LogP contribution is 2.40. The van der Waals surface area contributed by atoms with Gasteiger partial charge in [0.1, 0.15) is 19.0 Å². The normalized spacial score (nSPS) is 12.2. The fourth-order valence-electron chi connectivity index (χ4n) is 3.45. The number of rotatable bonds is 8. The van der Waals surface area contributed by atoms with Gasteiger partial charge in [0.2, 0.25) is 11.7 Å². The van der Waals surface area contributed by atoms with Crippen LogP contribution in [0.4, 0.5) is 11.4 Å². The van der Waals surface area contributed by atoms with Gasteiger partial charge in [0, 0.05) is 23.0 Å². The predicted octanol–water partition coefficient (Wildman–Crippen LogP) is 4.77. The third-order valence-electron chi connectivity index (χ3n) is 5.12. The van der Waals surface area contributed by atoms with Gasteiger partial charge in [0.25, 0.3) is 5.91 Å². The van der Waals surface area contributed by atoms with E-state index in [1.807, 2.05) is 6.92 Å². The second-order valence-corrected chi connectivity index (χ2v) is 7.56. The van der Waals surface area contributed by atoms with Crippen molar-refractivity contribution >= 4 is 29.3 Å². The first-order valence-corrected chi connectivity index (χ1v) is 11.2. The Labute approximate surface area is 203 Å². The molecule has 8 nitrogen and oxygen atoms in total. The van der Waals surface area contributed by atoms with Crippen LogP contribution in [0.5, 0.6) is 23.0 Å². The number of ether oxygens (including phenoxy) is 4. The van der Waals surface area contributed by atoms with E-state index in [2.05, 4.69) is 10.6 Å². The Hall–Kier alpha value is -4.46. The zero-order chi connectivity index (χ0) is 24.6. The summed E-state index contributed by atoms with van der Waals surface area (Å²) >= 11 is 0. The van der Waals surface area contributed by atoms with Crippen LogP contribution in [0.1, 0.15) is 22.8 Å². The number of anilines is 2. The van der Waals surface area contributed by atoms with Gasteiger partial charge in [-0.2, -0.15) is 0 Å². The predicted molar refractivity (Wildman–Crippen MR) is 134 cm³/mol. The summed E-state index contributed by atoms with van der Waals surface area (Å²) in [5.74, 6) is 1.86. The quantitative estimate of drug-likeness (QED) is 0.457. The standard InChI is InChI=1S/C27H26N2O6/c1-3-33-22-11-9-21(10-12-22)29-27(31)19-5-7-20(8-6-19)28-25(30)13-4-18-16-23(32-2)26-24(17-18)34-14-15-35-26/h4-13,16-17H,3,14-15H2,1-2H3,(H,28,30)(H,29,31)/b13-4+. The number of nitrogens with one attached hydrogen (secondary N) is 2. The van der Waals surface area contributed by atoms with Crippen LogP contribution in [0, 0.1) is 0 Å². The molecule has 3 aromatic rings. The molecule has 0 unspecified atom stereocenters. The van der Waals surface area contributed by atoms with E-state index in [9.17, 15) is 9.59 Å². The van der Waals surface area contributed by atoms with Gasteiger partial charge < -0.3 is 29.6 Å². The number of hydrogen-bond acceptors (Lipinski definition) is 6. The maximum absolute atomic E-state index is 12.5. The fraction of sp³-hybridized carbons (Fsp3) is 0.185. The molecule has 0 spiro atoms. The monoisotopic (exact) mass is 474 g/mol. The molecule has 180 valence electrons. The van der Waals surface area contributed by atoms with Crippen molar-refractivity contribution in [3.63, 3.8) is 0 Å². The summed E-state index contributed by atoms with van der Waals surface area (Å²) in [5.41, 5.74) is 2.44. The highest BCUT2D eigenvalue weighted by atomic mass is 16.6. The van der Waals surface area contributed by atoms with Gasteiger partial charge in [-0.15, -0.1) is 0 Å². The molecule has 3 aromatic carbocycles. The molecule has 0 aromatic heterocycles. The van der Waals surface area contributed by atoms with Crippen LogP contribution in [0.2, 0.25) is 0 Å². The second kappa shape index (κ2) is 11.1. The van der Waals surface area contributed by atoms with Crippen molar-refractivity contribution in [2.45, 2.75) is 6.92 Å². The van der Waals surface area contributed by atoms with Crippen molar-refractivity contribution < 1.29 is 28.5 Å². The maximum atomic E-state index is 12.5. The molecular weight excluding hydrogens is 448 g/mol. The molecular formula is C27H26N2O6. The van der Waals surface area contributed by atoms with Crippen LogP contribution >= 0.6 is 0 Å². The third-order valence-corrected chi connectivity index (χ3v) is 5.12. The summed E-state index contributed by atoms with van der Waals surface area (Å²) in [4.78, 5) is 24.9. The Kier molecular flexibility index (Phi) is 7.52. The summed E-state index contributed by atoms with van der Waals surface area (Å²) in [6.07, 6.45) is 3.08. The SMILES string of the molecule is CCOc1ccc(NC(=O)c2ccc(NC(=O)/C=C/c3cc(OC)c4c(c3)OCCO4)cc2)cc1. The van der Waals surface area contributed by atoms with Crippen molar-refractivity contribution in [2.24, 2.45) is 0 Å². The van der Waals surface area contributed by atoms with Crippen LogP contribution in [-0.4, -0.2) is 38.7 Å². The Bertz CT molecular complexity index is 1200. The molecule has 0 fully saturated rings. The first-order chi connectivity index (χ1) is 17.1. The minimum Gasteiger partial charge on any atom is -0.494 e. The molecule has 8 heteroatoms. The number of carbonyl (C=O) groups excluding carboxylic acids is 2. The molecule has 1 aliphatic heterocycles. The maximum Gasteiger partial charge on any atom is 0.255 e. The number of carbonyl (C=O) groups is 2. The first kappa shape index (κ1) is 23.7. The second-order valence-electron chi connectivity index (χ2n) is 7.56. The molecule has 2 amide bonds. The van der Waals surface area contributed by atoms with E-state index in [4.69, 9.17) is 18.9 Å². The topological polar surface area (TPSA) is 95.1 Å². The van der Waals surface area contributed by atoms with Crippen molar-refractivity contribution in [1.29, 1.82) is 0 Å². The van der Waals surface area contributed by atoms with E-state index in [0.29, 0.717) is 54.0 Å². The van der Waals surface area contributed by atoms with E-state index in [1.54, 1.807) is 73.8 Å². The smallest absolute Gasteiger partial charge is 0.255 e. The lowest BCUT2D eigenvalue weighted by molar-refractivity contribution is -0.111. The molecule has 0 bridgehead atoms. The van der Waals surface area contributed by atoms with Crippen molar-refractivity contribution in [3.05, 3.63) is 77.9 Å². The largest absolute Gasteiger partial charge is 0.494 e. The lowest BCUT2D eigenvalue weighted by Crippen LogP contribution is -2.16. The average Bonchev–Trinajstić information content (AvgIpc) is 2.88. The molecule has 0 atom stereocenters. The molecule has 0 radical (unpaired) electrons. The highest BCUT2D eigenvalue weighted by molar-refractivity contribution is 6.05. The van der Waals surface area contributed by atoms with Gasteiger partial charge >= 0.3 is 0 Å². The Balaban J connectivity index is 1.34. The van der Waals surface area contributed by atoms with Crippen molar-refractivity contribution in [1.82, 2.24) is 0 Å². The van der Waals surface area contributed by atoms with Crippen LogP contribution in [0.3, 0.4) is 0 Å². The van der Waals surface area contributed by atoms with Gasteiger partial charge in [-0.3, -0.25) is 9.59 Å². The molecule has 0 saturated carbocycles. The summed E-state index contributed by atoms with van der Waals surface area (Å²) in [5, 5.41) is 5.61. The van der Waals surface area contributed by atoms with Crippen LogP contribution < -0.4 is 29.6 Å². The number of benzene rings is 3. The lowest BCUT2D eigenvalue weighted by Gasteiger charge is -2.20. The number of fused-ring (bicyclic) bond motifs is 1. The molecule has 35 heavy (non-hydrogen) atoms. The number of hydrogen-bond donors (Lipinski definition) is 2. The summed E-state index contributed by atoms with van der Waals surface area (Å²) < 4.78 is 22.0. The number of amides is 2. The summed E-state index contributed by atoms with van der Waals surface area (Å²) in [7, 11) is 1.55. The van der Waals surface area contributed by atoms with Gasteiger partial charge in [-0.25, -0.2) is 0 Å². The van der Waals surface area contributed by atoms with Gasteiger partial charge in [-0.05, 0) is 79.2 Å². The zero-order valence-corrected chi connectivity index (χ0v) is 19.5. The molecule has 0 saturated heterocycles. The van der Waals surface area contributed by atoms with Crippen LogP contribution in [-0.2, 0) is 4.79 Å². The minimum atomic E-state index is -0.314. The lowest BCUT2D eigenvalue weighted by atomic mass is 10.1. The molecule has 0 aliphatic carbocycles.